The van der Waals surface area contributed by atoms with Crippen LogP contribution in [0.5, 0.6) is 11.8 Å². The minimum atomic E-state index is -5.08. The van der Waals surface area contributed by atoms with Crippen LogP contribution in [0.25, 0.3) is 0 Å². The Labute approximate surface area is 203 Å². The molecule has 0 aliphatic carbocycles. The topological polar surface area (TPSA) is 104 Å². The number of carboxylic acid groups (broad SMARTS) is 1. The Morgan fingerprint density at radius 3 is 2.43 bits per heavy atom. The van der Waals surface area contributed by atoms with Gasteiger partial charge in [0.15, 0.2) is 0 Å². The van der Waals surface area contributed by atoms with Crippen LogP contribution in [0.4, 0.5) is 22.0 Å². The summed E-state index contributed by atoms with van der Waals surface area (Å²) in [5.41, 5.74) is 1.08. The van der Waals surface area contributed by atoms with E-state index in [2.05, 4.69) is 25.9 Å². The standard InChI is InChI=1S/C19H16BrF2N3O3.C2HF3O2/c1-11-7-16(28-10-12-3-4-13(21)8-15(12)22)17(20)18(26)25(11)9-14-5-6-23-19(24-14)27-2;3-2(4,5)1(6)7/h3-8H,9-10H2,1-2H3;(H,6,7). The van der Waals surface area contributed by atoms with Crippen LogP contribution in [0.15, 0.2) is 45.8 Å². The van der Waals surface area contributed by atoms with Gasteiger partial charge in [0.25, 0.3) is 5.56 Å². The maximum Gasteiger partial charge on any atom is 0.490 e. The Hall–Kier alpha value is -3.55. The van der Waals surface area contributed by atoms with Gasteiger partial charge in [-0.3, -0.25) is 4.79 Å². The zero-order chi connectivity index (χ0) is 26.3. The molecule has 0 bridgehead atoms. The average Bonchev–Trinajstić information content (AvgIpc) is 2.79. The summed E-state index contributed by atoms with van der Waals surface area (Å²) in [6.45, 7) is 1.82. The molecule has 0 saturated heterocycles. The number of pyridine rings is 1. The molecule has 0 fully saturated rings. The van der Waals surface area contributed by atoms with Crippen LogP contribution >= 0.6 is 15.9 Å². The highest BCUT2D eigenvalue weighted by Crippen LogP contribution is 2.24. The van der Waals surface area contributed by atoms with Crippen LogP contribution in [-0.4, -0.2) is 38.9 Å². The van der Waals surface area contributed by atoms with Gasteiger partial charge >= 0.3 is 18.2 Å². The van der Waals surface area contributed by atoms with Crippen molar-refractivity contribution in [2.24, 2.45) is 0 Å². The smallest absolute Gasteiger partial charge is 0.487 e. The van der Waals surface area contributed by atoms with Gasteiger partial charge in [0.2, 0.25) is 0 Å². The molecule has 35 heavy (non-hydrogen) atoms. The number of carbonyl (C=O) groups is 1. The van der Waals surface area contributed by atoms with Crippen LogP contribution in [0.2, 0.25) is 0 Å². The highest BCUT2D eigenvalue weighted by atomic mass is 79.9. The van der Waals surface area contributed by atoms with Crippen molar-refractivity contribution in [2.45, 2.75) is 26.3 Å². The largest absolute Gasteiger partial charge is 0.490 e. The molecular formula is C21H17BrF5N3O5. The van der Waals surface area contributed by atoms with Gasteiger partial charge in [0, 0.05) is 29.6 Å². The van der Waals surface area contributed by atoms with E-state index in [0.717, 1.165) is 12.1 Å². The second-order valence-electron chi connectivity index (χ2n) is 6.72. The first-order valence-corrected chi connectivity index (χ1v) is 10.3. The third kappa shape index (κ3) is 7.73. The minimum absolute atomic E-state index is 0.142. The fraction of sp³-hybridized carbons (Fsp3) is 0.238. The fourth-order valence-corrected chi connectivity index (χ4v) is 2.98. The van der Waals surface area contributed by atoms with E-state index < -0.39 is 23.8 Å². The van der Waals surface area contributed by atoms with E-state index in [1.165, 1.54) is 17.7 Å². The molecular weight excluding hydrogens is 549 g/mol. The summed E-state index contributed by atoms with van der Waals surface area (Å²) in [6.07, 6.45) is -3.54. The number of ether oxygens (including phenoxy) is 2. The van der Waals surface area contributed by atoms with Gasteiger partial charge in [0.1, 0.15) is 28.5 Å². The molecule has 0 unspecified atom stereocenters. The maximum absolute atomic E-state index is 13.8. The number of benzene rings is 1. The van der Waals surface area contributed by atoms with E-state index in [-0.39, 0.29) is 40.5 Å². The van der Waals surface area contributed by atoms with Gasteiger partial charge in [-0.15, -0.1) is 0 Å². The molecule has 14 heteroatoms. The van der Waals surface area contributed by atoms with Crippen molar-refractivity contribution in [1.29, 1.82) is 0 Å². The van der Waals surface area contributed by atoms with Crippen molar-refractivity contribution in [3.05, 3.63) is 79.9 Å². The van der Waals surface area contributed by atoms with E-state index in [1.54, 1.807) is 25.3 Å². The highest BCUT2D eigenvalue weighted by molar-refractivity contribution is 9.10. The van der Waals surface area contributed by atoms with Gasteiger partial charge in [-0.2, -0.15) is 18.2 Å². The van der Waals surface area contributed by atoms with Crippen LogP contribution in [0, 0.1) is 18.6 Å². The monoisotopic (exact) mass is 565 g/mol. The van der Waals surface area contributed by atoms with Crippen molar-refractivity contribution in [1.82, 2.24) is 14.5 Å². The van der Waals surface area contributed by atoms with E-state index in [9.17, 15) is 26.7 Å². The van der Waals surface area contributed by atoms with Crippen molar-refractivity contribution in [2.75, 3.05) is 7.11 Å². The van der Waals surface area contributed by atoms with Crippen LogP contribution < -0.4 is 15.0 Å². The zero-order valence-corrected chi connectivity index (χ0v) is 19.7. The number of aromatic nitrogens is 3. The lowest BCUT2D eigenvalue weighted by Gasteiger charge is -2.14. The van der Waals surface area contributed by atoms with Crippen LogP contribution in [-0.2, 0) is 17.9 Å². The predicted octanol–water partition coefficient (Wildman–Crippen LogP) is 4.26. The molecule has 0 saturated carbocycles. The number of rotatable bonds is 6. The highest BCUT2D eigenvalue weighted by Gasteiger charge is 2.38. The van der Waals surface area contributed by atoms with Crippen LogP contribution in [0.1, 0.15) is 17.0 Å². The van der Waals surface area contributed by atoms with Gasteiger partial charge in [0.05, 0.1) is 19.3 Å². The van der Waals surface area contributed by atoms with E-state index in [0.29, 0.717) is 11.4 Å². The van der Waals surface area contributed by atoms with Crippen LogP contribution in [0.3, 0.4) is 0 Å². The lowest BCUT2D eigenvalue weighted by atomic mass is 10.2. The third-order valence-electron chi connectivity index (χ3n) is 4.25. The van der Waals surface area contributed by atoms with Crippen molar-refractivity contribution >= 4 is 21.9 Å². The Bertz CT molecular complexity index is 1270. The average molecular weight is 566 g/mol. The molecule has 0 radical (unpaired) electrons. The Balaban J connectivity index is 0.000000540. The second kappa shape index (κ2) is 11.7. The number of aryl methyl sites for hydroxylation is 1. The SMILES string of the molecule is COc1nccc(Cn2c(C)cc(OCc3ccc(F)cc3F)c(Br)c2=O)n1.O=C(O)C(F)(F)F. The third-order valence-corrected chi connectivity index (χ3v) is 4.98. The number of nitrogens with zero attached hydrogens (tertiary/aromatic N) is 3. The summed E-state index contributed by atoms with van der Waals surface area (Å²) < 4.78 is 70.8. The summed E-state index contributed by atoms with van der Waals surface area (Å²) in [7, 11) is 1.46. The van der Waals surface area contributed by atoms with Gasteiger partial charge in [-0.25, -0.2) is 18.6 Å². The lowest BCUT2D eigenvalue weighted by Crippen LogP contribution is -2.24. The summed E-state index contributed by atoms with van der Waals surface area (Å²) in [4.78, 5) is 29.8. The molecule has 3 aromatic rings. The normalized spacial score (nSPS) is 10.9. The molecule has 3 rings (SSSR count). The molecule has 0 spiro atoms. The summed E-state index contributed by atoms with van der Waals surface area (Å²) in [5, 5.41) is 7.12. The number of alkyl halides is 3. The molecule has 0 atom stereocenters. The van der Waals surface area contributed by atoms with Crippen molar-refractivity contribution < 1.29 is 41.3 Å². The molecule has 1 N–H and O–H groups in total. The second-order valence-corrected chi connectivity index (χ2v) is 7.51. The molecule has 2 heterocycles. The quantitative estimate of drug-likeness (QED) is 0.445. The maximum atomic E-state index is 13.8. The molecule has 8 nitrogen and oxygen atoms in total. The molecule has 0 amide bonds. The van der Waals surface area contributed by atoms with Gasteiger partial charge < -0.3 is 19.1 Å². The first-order valence-electron chi connectivity index (χ1n) is 9.46. The number of carboxylic acids is 1. The number of hydrogen-bond donors (Lipinski definition) is 1. The first-order chi connectivity index (χ1) is 16.3. The number of halogens is 6. The zero-order valence-electron chi connectivity index (χ0n) is 18.1. The van der Waals surface area contributed by atoms with E-state index in [1.807, 2.05) is 0 Å². The van der Waals surface area contributed by atoms with E-state index in [4.69, 9.17) is 19.4 Å². The minimum Gasteiger partial charge on any atom is -0.487 e. The summed E-state index contributed by atoms with van der Waals surface area (Å²) >= 11 is 3.24. The predicted molar refractivity (Wildman–Crippen MR) is 115 cm³/mol. The van der Waals surface area contributed by atoms with Crippen molar-refractivity contribution in [3.63, 3.8) is 0 Å². The molecule has 188 valence electrons. The number of methoxy groups -OCH3 is 1. The number of hydrogen-bond acceptors (Lipinski definition) is 6. The number of aliphatic carboxylic acids is 1. The lowest BCUT2D eigenvalue weighted by molar-refractivity contribution is -0.192. The molecule has 0 aliphatic rings. The Kier molecular flexibility index (Phi) is 9.28. The molecule has 2 aromatic heterocycles. The Morgan fingerprint density at radius 1 is 1.20 bits per heavy atom. The van der Waals surface area contributed by atoms with E-state index >= 15 is 0 Å². The van der Waals surface area contributed by atoms with Gasteiger partial charge in [-0.05, 0) is 41.1 Å². The first kappa shape index (κ1) is 27.7. The van der Waals surface area contributed by atoms with Gasteiger partial charge in [-0.1, -0.05) is 0 Å². The summed E-state index contributed by atoms with van der Waals surface area (Å²) in [5.74, 6) is -3.86. The summed E-state index contributed by atoms with van der Waals surface area (Å²) in [6, 6.07) is 6.79. The molecule has 1 aromatic carbocycles. The fourth-order valence-electron chi connectivity index (χ4n) is 2.54. The van der Waals surface area contributed by atoms with Crippen molar-refractivity contribution in [3.8, 4) is 11.8 Å². The molecule has 0 aliphatic heterocycles. The Morgan fingerprint density at radius 2 is 1.86 bits per heavy atom.